The summed E-state index contributed by atoms with van der Waals surface area (Å²) in [4.78, 5) is 25.1. The Morgan fingerprint density at radius 1 is 1.00 bits per heavy atom. The van der Waals surface area contributed by atoms with Gasteiger partial charge in [0, 0.05) is 17.8 Å². The lowest BCUT2D eigenvalue weighted by atomic mass is 10.1. The molecule has 0 unspecified atom stereocenters. The zero-order valence-corrected chi connectivity index (χ0v) is 12.5. The van der Waals surface area contributed by atoms with E-state index in [4.69, 9.17) is 5.11 Å². The van der Waals surface area contributed by atoms with Gasteiger partial charge in [-0.05, 0) is 18.6 Å². The average molecular weight is 297 g/mol. The Morgan fingerprint density at radius 2 is 1.64 bits per heavy atom. The second-order valence-electron chi connectivity index (χ2n) is 5.14. The molecule has 0 aromatic heterocycles. The van der Waals surface area contributed by atoms with E-state index in [1.807, 2.05) is 54.3 Å². The number of nitrogens with zero attached hydrogens (tertiary/aromatic N) is 1. The Hall–Kier alpha value is -2.62. The normalized spacial score (nSPS) is 10.2. The number of ketones is 1. The maximum Gasteiger partial charge on any atom is 0.305 e. The third-order valence-electron chi connectivity index (χ3n) is 3.48. The van der Waals surface area contributed by atoms with Crippen molar-refractivity contribution in [3.05, 3.63) is 65.7 Å². The number of carboxylic acids is 1. The molecule has 0 saturated carbocycles. The molecule has 0 bridgehead atoms. The Bertz CT molecular complexity index is 652. The standard InChI is InChI=1S/C18H19NO3/c1-14-7-5-6-10-16(14)19(12-11-18(21)22)13-17(20)15-8-3-2-4-9-15/h2-10H,11-13H2,1H3,(H,21,22). The molecule has 0 fully saturated rings. The number of anilines is 1. The number of aliphatic carboxylic acids is 1. The fraction of sp³-hybridized carbons (Fsp3) is 0.222. The zero-order chi connectivity index (χ0) is 15.9. The molecule has 22 heavy (non-hydrogen) atoms. The number of hydrogen-bond acceptors (Lipinski definition) is 3. The van der Waals surface area contributed by atoms with Gasteiger partial charge in [-0.2, -0.15) is 0 Å². The average Bonchev–Trinajstić information content (AvgIpc) is 2.52. The van der Waals surface area contributed by atoms with E-state index in [0.717, 1.165) is 11.3 Å². The first-order valence-electron chi connectivity index (χ1n) is 7.18. The number of Topliss-reactive ketones (excluding diaryl/α,β-unsaturated/α-hetero) is 1. The number of para-hydroxylation sites is 1. The van der Waals surface area contributed by atoms with E-state index >= 15 is 0 Å². The lowest BCUT2D eigenvalue weighted by Gasteiger charge is -2.25. The first-order valence-corrected chi connectivity index (χ1v) is 7.18. The molecule has 0 saturated heterocycles. The van der Waals surface area contributed by atoms with Crippen LogP contribution in [-0.2, 0) is 4.79 Å². The van der Waals surface area contributed by atoms with Crippen LogP contribution in [-0.4, -0.2) is 29.9 Å². The van der Waals surface area contributed by atoms with E-state index < -0.39 is 5.97 Å². The summed E-state index contributed by atoms with van der Waals surface area (Å²) in [5.74, 6) is -0.889. The van der Waals surface area contributed by atoms with Crippen molar-refractivity contribution in [1.82, 2.24) is 0 Å². The molecule has 2 aromatic rings. The van der Waals surface area contributed by atoms with E-state index in [1.54, 1.807) is 12.1 Å². The lowest BCUT2D eigenvalue weighted by molar-refractivity contribution is -0.136. The second kappa shape index (κ2) is 7.41. The van der Waals surface area contributed by atoms with Gasteiger partial charge in [0.25, 0.3) is 0 Å². The first kappa shape index (κ1) is 15.8. The van der Waals surface area contributed by atoms with Gasteiger partial charge in [0.05, 0.1) is 13.0 Å². The number of aryl methyl sites for hydroxylation is 1. The van der Waals surface area contributed by atoms with Crippen molar-refractivity contribution >= 4 is 17.4 Å². The van der Waals surface area contributed by atoms with Gasteiger partial charge in [-0.3, -0.25) is 9.59 Å². The van der Waals surface area contributed by atoms with Gasteiger partial charge in [0.15, 0.2) is 5.78 Å². The fourth-order valence-electron chi connectivity index (χ4n) is 2.32. The maximum atomic E-state index is 12.4. The van der Waals surface area contributed by atoms with Gasteiger partial charge in [0.2, 0.25) is 0 Å². The summed E-state index contributed by atoms with van der Waals surface area (Å²) in [6.45, 7) is 2.43. The number of hydrogen-bond donors (Lipinski definition) is 1. The number of carbonyl (C=O) groups is 2. The third kappa shape index (κ3) is 4.19. The van der Waals surface area contributed by atoms with Crippen LogP contribution in [0.2, 0.25) is 0 Å². The second-order valence-corrected chi connectivity index (χ2v) is 5.14. The van der Waals surface area contributed by atoms with Gasteiger partial charge in [-0.25, -0.2) is 0 Å². The molecule has 0 atom stereocenters. The molecule has 0 radical (unpaired) electrons. The Balaban J connectivity index is 2.19. The predicted octanol–water partition coefficient (Wildman–Crippen LogP) is 3.16. The molecular weight excluding hydrogens is 278 g/mol. The van der Waals surface area contributed by atoms with Crippen molar-refractivity contribution in [1.29, 1.82) is 0 Å². The third-order valence-corrected chi connectivity index (χ3v) is 3.48. The van der Waals surface area contributed by atoms with E-state index in [9.17, 15) is 9.59 Å². The van der Waals surface area contributed by atoms with E-state index in [2.05, 4.69) is 0 Å². The maximum absolute atomic E-state index is 12.4. The monoisotopic (exact) mass is 297 g/mol. The smallest absolute Gasteiger partial charge is 0.305 e. The van der Waals surface area contributed by atoms with Crippen molar-refractivity contribution in [2.75, 3.05) is 18.0 Å². The molecule has 0 spiro atoms. The van der Waals surface area contributed by atoms with Gasteiger partial charge >= 0.3 is 5.97 Å². The first-order chi connectivity index (χ1) is 10.6. The summed E-state index contributed by atoms with van der Waals surface area (Å²) in [5, 5.41) is 8.92. The number of rotatable bonds is 7. The van der Waals surface area contributed by atoms with Crippen molar-refractivity contribution < 1.29 is 14.7 Å². The van der Waals surface area contributed by atoms with Crippen LogP contribution in [0.3, 0.4) is 0 Å². The van der Waals surface area contributed by atoms with Gasteiger partial charge in [0.1, 0.15) is 0 Å². The van der Waals surface area contributed by atoms with Crippen LogP contribution >= 0.6 is 0 Å². The minimum atomic E-state index is -0.870. The molecule has 2 aromatic carbocycles. The van der Waals surface area contributed by atoms with Crippen molar-refractivity contribution in [3.8, 4) is 0 Å². The molecule has 0 heterocycles. The van der Waals surface area contributed by atoms with Crippen molar-refractivity contribution in [3.63, 3.8) is 0 Å². The van der Waals surface area contributed by atoms with Gasteiger partial charge in [-0.1, -0.05) is 48.5 Å². The van der Waals surface area contributed by atoms with Gasteiger partial charge in [-0.15, -0.1) is 0 Å². The molecule has 114 valence electrons. The number of benzene rings is 2. The van der Waals surface area contributed by atoms with Crippen LogP contribution in [0.1, 0.15) is 22.3 Å². The summed E-state index contributed by atoms with van der Waals surface area (Å²) in [6.07, 6.45) is -0.00357. The minimum Gasteiger partial charge on any atom is -0.481 e. The molecule has 0 amide bonds. The Morgan fingerprint density at radius 3 is 2.27 bits per heavy atom. The highest BCUT2D eigenvalue weighted by Crippen LogP contribution is 2.20. The summed E-state index contributed by atoms with van der Waals surface area (Å²) in [6, 6.07) is 16.7. The Labute approximate surface area is 130 Å². The molecular formula is C18H19NO3. The predicted molar refractivity (Wildman–Crippen MR) is 86.4 cm³/mol. The van der Waals surface area contributed by atoms with E-state index in [-0.39, 0.29) is 18.7 Å². The topological polar surface area (TPSA) is 57.6 Å². The summed E-state index contributed by atoms with van der Waals surface area (Å²) < 4.78 is 0. The molecule has 1 N–H and O–H groups in total. The molecule has 2 rings (SSSR count). The van der Waals surface area contributed by atoms with Crippen LogP contribution in [0.25, 0.3) is 0 Å². The Kier molecular flexibility index (Phi) is 5.31. The van der Waals surface area contributed by atoms with Crippen molar-refractivity contribution in [2.24, 2.45) is 0 Å². The van der Waals surface area contributed by atoms with Crippen LogP contribution in [0.5, 0.6) is 0 Å². The highest BCUT2D eigenvalue weighted by molar-refractivity contribution is 5.99. The minimum absolute atomic E-state index is 0.00357. The van der Waals surface area contributed by atoms with Crippen molar-refractivity contribution in [2.45, 2.75) is 13.3 Å². The zero-order valence-electron chi connectivity index (χ0n) is 12.5. The number of carbonyl (C=O) groups excluding carboxylic acids is 1. The van der Waals surface area contributed by atoms with Crippen LogP contribution in [0.15, 0.2) is 54.6 Å². The summed E-state index contributed by atoms with van der Waals surface area (Å²) in [5.41, 5.74) is 2.55. The quantitative estimate of drug-likeness (QED) is 0.798. The van der Waals surface area contributed by atoms with Crippen LogP contribution in [0, 0.1) is 6.92 Å². The largest absolute Gasteiger partial charge is 0.481 e. The van der Waals surface area contributed by atoms with Gasteiger partial charge < -0.3 is 10.0 Å². The van der Waals surface area contributed by atoms with E-state index in [0.29, 0.717) is 12.1 Å². The van der Waals surface area contributed by atoms with E-state index in [1.165, 1.54) is 0 Å². The molecule has 4 nitrogen and oxygen atoms in total. The highest BCUT2D eigenvalue weighted by atomic mass is 16.4. The van der Waals surface area contributed by atoms with Crippen LogP contribution in [0.4, 0.5) is 5.69 Å². The SMILES string of the molecule is Cc1ccccc1N(CCC(=O)O)CC(=O)c1ccccc1. The number of carboxylic acid groups (broad SMARTS) is 1. The fourth-order valence-corrected chi connectivity index (χ4v) is 2.32. The lowest BCUT2D eigenvalue weighted by Crippen LogP contribution is -2.32. The molecule has 0 aliphatic carbocycles. The summed E-state index contributed by atoms with van der Waals surface area (Å²) >= 11 is 0. The van der Waals surface area contributed by atoms with Crippen LogP contribution < -0.4 is 4.90 Å². The summed E-state index contributed by atoms with van der Waals surface area (Å²) in [7, 11) is 0. The molecule has 4 heteroatoms. The molecule has 0 aliphatic rings. The molecule has 0 aliphatic heterocycles. The highest BCUT2D eigenvalue weighted by Gasteiger charge is 2.15.